The van der Waals surface area contributed by atoms with Crippen LogP contribution in [0.15, 0.2) is 23.2 Å². The minimum Gasteiger partial charge on any atom is -0.493 e. The lowest BCUT2D eigenvalue weighted by atomic mass is 9.92. The summed E-state index contributed by atoms with van der Waals surface area (Å²) in [5.41, 5.74) is 1.21. The Bertz CT molecular complexity index is 702. The Labute approximate surface area is 204 Å². The number of nitrogens with one attached hydrogen (secondary N) is 1. The van der Waals surface area contributed by atoms with E-state index >= 15 is 0 Å². The van der Waals surface area contributed by atoms with Crippen molar-refractivity contribution in [1.29, 1.82) is 0 Å². The number of piperidine rings is 1. The molecule has 0 radical (unpaired) electrons. The second kappa shape index (κ2) is 12.7. The SMILES string of the molecule is CN=C(NCC(c1ccc(OC)c(OC)c1)N1CCOCC1)N1CC(C)CC(C)C1.I. The molecule has 1 aromatic rings. The number of ether oxygens (including phenoxy) is 3. The molecule has 31 heavy (non-hydrogen) atoms. The highest BCUT2D eigenvalue weighted by atomic mass is 127. The van der Waals surface area contributed by atoms with Crippen LogP contribution in [0.3, 0.4) is 0 Å². The van der Waals surface area contributed by atoms with Gasteiger partial charge in [-0.2, -0.15) is 0 Å². The van der Waals surface area contributed by atoms with Gasteiger partial charge in [-0.1, -0.05) is 19.9 Å². The van der Waals surface area contributed by atoms with Gasteiger partial charge >= 0.3 is 0 Å². The summed E-state index contributed by atoms with van der Waals surface area (Å²) in [4.78, 5) is 9.48. The highest BCUT2D eigenvalue weighted by molar-refractivity contribution is 14.0. The Kier molecular flexibility index (Phi) is 10.6. The number of rotatable bonds is 6. The number of hydrogen-bond acceptors (Lipinski definition) is 5. The van der Waals surface area contributed by atoms with Gasteiger partial charge in [-0.05, 0) is 36.0 Å². The van der Waals surface area contributed by atoms with Gasteiger partial charge in [-0.25, -0.2) is 0 Å². The molecule has 1 N–H and O–H groups in total. The molecule has 0 aliphatic carbocycles. The summed E-state index contributed by atoms with van der Waals surface area (Å²) in [6.07, 6.45) is 1.29. The zero-order valence-corrected chi connectivity index (χ0v) is 21.9. The molecular formula is C23H39IN4O3. The van der Waals surface area contributed by atoms with Crippen molar-refractivity contribution in [2.24, 2.45) is 16.8 Å². The second-order valence-electron chi connectivity index (χ2n) is 8.56. The Morgan fingerprint density at radius 2 is 1.77 bits per heavy atom. The first-order valence-corrected chi connectivity index (χ1v) is 11.0. The minimum atomic E-state index is 0. The third-order valence-electron chi connectivity index (χ3n) is 6.11. The van der Waals surface area contributed by atoms with Crippen molar-refractivity contribution < 1.29 is 14.2 Å². The van der Waals surface area contributed by atoms with Crippen LogP contribution in [-0.4, -0.2) is 83.0 Å². The molecular weight excluding hydrogens is 507 g/mol. The molecule has 1 aromatic carbocycles. The maximum atomic E-state index is 5.59. The Morgan fingerprint density at radius 3 is 2.35 bits per heavy atom. The van der Waals surface area contributed by atoms with Crippen LogP contribution in [0.25, 0.3) is 0 Å². The van der Waals surface area contributed by atoms with Crippen molar-refractivity contribution in [1.82, 2.24) is 15.1 Å². The smallest absolute Gasteiger partial charge is 0.193 e. The molecule has 0 bridgehead atoms. The average Bonchev–Trinajstić information content (AvgIpc) is 2.76. The summed E-state index contributed by atoms with van der Waals surface area (Å²) in [7, 11) is 5.24. The first-order valence-electron chi connectivity index (χ1n) is 11.0. The van der Waals surface area contributed by atoms with E-state index in [2.05, 4.69) is 46.1 Å². The molecule has 0 spiro atoms. The number of benzene rings is 1. The molecule has 3 unspecified atom stereocenters. The van der Waals surface area contributed by atoms with E-state index in [-0.39, 0.29) is 30.0 Å². The molecule has 3 rings (SSSR count). The molecule has 3 atom stereocenters. The number of guanidine groups is 1. The van der Waals surface area contributed by atoms with E-state index in [1.807, 2.05) is 13.1 Å². The van der Waals surface area contributed by atoms with Gasteiger partial charge in [0.05, 0.1) is 33.5 Å². The van der Waals surface area contributed by atoms with E-state index in [4.69, 9.17) is 14.2 Å². The standard InChI is InChI=1S/C23H38N4O3.HI/c1-17-12-18(2)16-27(15-17)23(24-3)25-14-20(26-8-10-30-11-9-26)19-6-7-21(28-4)22(13-19)29-5;/h6-7,13,17-18,20H,8-12,14-16H2,1-5H3,(H,24,25);1H. The normalized spacial score (nSPS) is 23.6. The van der Waals surface area contributed by atoms with Gasteiger partial charge in [0.15, 0.2) is 17.5 Å². The highest BCUT2D eigenvalue weighted by Gasteiger charge is 2.27. The zero-order valence-electron chi connectivity index (χ0n) is 19.6. The van der Waals surface area contributed by atoms with Crippen LogP contribution in [0, 0.1) is 11.8 Å². The molecule has 0 aromatic heterocycles. The lowest BCUT2D eigenvalue weighted by Crippen LogP contribution is -2.51. The zero-order chi connectivity index (χ0) is 21.5. The second-order valence-corrected chi connectivity index (χ2v) is 8.56. The molecule has 2 saturated heterocycles. The average molecular weight is 546 g/mol. The number of morpholine rings is 1. The summed E-state index contributed by atoms with van der Waals surface area (Å²) in [5.74, 6) is 3.88. The van der Waals surface area contributed by atoms with Gasteiger partial charge in [-0.3, -0.25) is 9.89 Å². The monoisotopic (exact) mass is 546 g/mol. The van der Waals surface area contributed by atoms with E-state index in [0.717, 1.165) is 63.4 Å². The molecule has 2 heterocycles. The van der Waals surface area contributed by atoms with Gasteiger partial charge in [0.25, 0.3) is 0 Å². The van der Waals surface area contributed by atoms with Crippen LogP contribution in [0.5, 0.6) is 11.5 Å². The van der Waals surface area contributed by atoms with Crippen molar-refractivity contribution in [3.8, 4) is 11.5 Å². The van der Waals surface area contributed by atoms with Gasteiger partial charge in [0.1, 0.15) is 0 Å². The van der Waals surface area contributed by atoms with E-state index < -0.39 is 0 Å². The van der Waals surface area contributed by atoms with E-state index in [9.17, 15) is 0 Å². The fourth-order valence-corrected chi connectivity index (χ4v) is 4.76. The molecule has 8 heteroatoms. The molecule has 0 amide bonds. The fourth-order valence-electron chi connectivity index (χ4n) is 4.76. The maximum absolute atomic E-state index is 5.59. The van der Waals surface area contributed by atoms with Gasteiger partial charge in [-0.15, -0.1) is 24.0 Å². The summed E-state index contributed by atoms with van der Waals surface area (Å²) in [6.45, 7) is 10.9. The summed E-state index contributed by atoms with van der Waals surface area (Å²) < 4.78 is 16.6. The van der Waals surface area contributed by atoms with Crippen molar-refractivity contribution in [2.75, 3.05) is 67.2 Å². The van der Waals surface area contributed by atoms with Crippen LogP contribution in [0.1, 0.15) is 31.9 Å². The van der Waals surface area contributed by atoms with E-state index in [1.54, 1.807) is 14.2 Å². The predicted octanol–water partition coefficient (Wildman–Crippen LogP) is 3.25. The highest BCUT2D eigenvalue weighted by Crippen LogP contribution is 2.32. The third-order valence-corrected chi connectivity index (χ3v) is 6.11. The van der Waals surface area contributed by atoms with Gasteiger partial charge < -0.3 is 24.4 Å². The molecule has 2 aliphatic rings. The van der Waals surface area contributed by atoms with Crippen molar-refractivity contribution in [2.45, 2.75) is 26.3 Å². The van der Waals surface area contributed by atoms with Crippen molar-refractivity contribution in [3.05, 3.63) is 23.8 Å². The molecule has 176 valence electrons. The predicted molar refractivity (Wildman–Crippen MR) is 136 cm³/mol. The lowest BCUT2D eigenvalue weighted by molar-refractivity contribution is 0.0168. The van der Waals surface area contributed by atoms with Crippen LogP contribution in [-0.2, 0) is 4.74 Å². The number of nitrogens with zero attached hydrogens (tertiary/aromatic N) is 3. The summed E-state index contributed by atoms with van der Waals surface area (Å²) in [5, 5.41) is 3.66. The topological polar surface area (TPSA) is 58.6 Å². The maximum Gasteiger partial charge on any atom is 0.193 e. The molecule has 7 nitrogen and oxygen atoms in total. The van der Waals surface area contributed by atoms with Crippen molar-refractivity contribution >= 4 is 29.9 Å². The fraction of sp³-hybridized carbons (Fsp3) is 0.696. The van der Waals surface area contributed by atoms with Gasteiger partial charge in [0, 0.05) is 39.8 Å². The third kappa shape index (κ3) is 6.86. The Balaban J connectivity index is 0.00000341. The number of halogens is 1. The number of hydrogen-bond donors (Lipinski definition) is 1. The van der Waals surface area contributed by atoms with Crippen LogP contribution >= 0.6 is 24.0 Å². The van der Waals surface area contributed by atoms with Crippen LogP contribution in [0.4, 0.5) is 0 Å². The largest absolute Gasteiger partial charge is 0.493 e. The van der Waals surface area contributed by atoms with Crippen molar-refractivity contribution in [3.63, 3.8) is 0 Å². The minimum absolute atomic E-state index is 0. The first kappa shape index (κ1) is 26.0. The quantitative estimate of drug-likeness (QED) is 0.336. The molecule has 2 fully saturated rings. The lowest BCUT2D eigenvalue weighted by Gasteiger charge is -2.39. The number of methoxy groups -OCH3 is 2. The summed E-state index contributed by atoms with van der Waals surface area (Å²) in [6, 6.07) is 6.42. The van der Waals surface area contributed by atoms with Crippen LogP contribution in [0.2, 0.25) is 0 Å². The number of aliphatic imine (C=N–C) groups is 1. The van der Waals surface area contributed by atoms with Gasteiger partial charge in [0.2, 0.25) is 0 Å². The Morgan fingerprint density at radius 1 is 1.13 bits per heavy atom. The first-order chi connectivity index (χ1) is 14.5. The number of likely N-dealkylation sites (tertiary alicyclic amines) is 1. The summed E-state index contributed by atoms with van der Waals surface area (Å²) >= 11 is 0. The Hall–Kier alpha value is -1.26. The van der Waals surface area contributed by atoms with Crippen LogP contribution < -0.4 is 14.8 Å². The van der Waals surface area contributed by atoms with E-state index in [1.165, 1.54) is 12.0 Å². The van der Waals surface area contributed by atoms with E-state index in [0.29, 0.717) is 11.8 Å². The molecule has 2 aliphatic heterocycles. The molecule has 0 saturated carbocycles.